The molecule has 0 aliphatic carbocycles. The second kappa shape index (κ2) is 22.8. The Morgan fingerprint density at radius 1 is 0.946 bits per heavy atom. The molecule has 0 saturated carbocycles. The van der Waals surface area contributed by atoms with Gasteiger partial charge >= 0.3 is 11.9 Å². The van der Waals surface area contributed by atoms with Crippen LogP contribution in [0.1, 0.15) is 168 Å². The smallest absolute Gasteiger partial charge is 0.350 e. The van der Waals surface area contributed by atoms with E-state index in [0.29, 0.717) is 51.7 Å². The van der Waals surface area contributed by atoms with Crippen LogP contribution < -0.4 is 22.1 Å². The first kappa shape index (κ1) is 44.8. The normalized spacial score (nSPS) is 30.1. The zero-order chi connectivity index (χ0) is 39.8. The van der Waals surface area contributed by atoms with Crippen LogP contribution in [-0.4, -0.2) is 107 Å². The van der Waals surface area contributed by atoms with Gasteiger partial charge in [0.05, 0.1) is 37.0 Å². The highest BCUT2D eigenvalue weighted by Crippen LogP contribution is 2.45. The number of unbranched alkanes of at least 4 members (excludes halogenated alkanes) is 11. The van der Waals surface area contributed by atoms with E-state index in [-0.39, 0.29) is 36.0 Å². The van der Waals surface area contributed by atoms with Crippen molar-refractivity contribution in [3.8, 4) is 0 Å². The second-order valence-electron chi connectivity index (χ2n) is 17.6. The van der Waals surface area contributed by atoms with Crippen molar-refractivity contribution < 1.29 is 33.5 Å². The van der Waals surface area contributed by atoms with Crippen molar-refractivity contribution in [1.82, 2.24) is 15.5 Å². The molecule has 1 amide bonds. The van der Waals surface area contributed by atoms with Crippen LogP contribution in [0.15, 0.2) is 12.2 Å². The highest BCUT2D eigenvalue weighted by atomic mass is 16.6. The number of guanidine groups is 1. The largest absolute Gasteiger partial charge is 0.465 e. The molecule has 5 heterocycles. The van der Waals surface area contributed by atoms with Crippen LogP contribution in [0.2, 0.25) is 0 Å². The van der Waals surface area contributed by atoms with Crippen LogP contribution in [0, 0.1) is 5.92 Å². The van der Waals surface area contributed by atoms with Crippen LogP contribution in [0.4, 0.5) is 0 Å². The Bertz CT molecular complexity index is 1280. The first-order chi connectivity index (χ1) is 27.2. The van der Waals surface area contributed by atoms with Gasteiger partial charge in [-0.25, -0.2) is 10.6 Å². The number of nitrogens with one attached hydrogen (secondary N) is 2. The molecule has 5 rings (SSSR count). The predicted octanol–water partition coefficient (Wildman–Crippen LogP) is 5.73. The average Bonchev–Trinajstić information content (AvgIpc) is 3.48. The second-order valence-corrected chi connectivity index (χ2v) is 17.6. The molecule has 56 heavy (non-hydrogen) atoms. The zero-order valence-corrected chi connectivity index (χ0v) is 35.2. The Morgan fingerprint density at radius 3 is 2.34 bits per heavy atom. The van der Waals surface area contributed by atoms with Gasteiger partial charge in [0.2, 0.25) is 11.6 Å². The minimum absolute atomic E-state index is 0.0593. The van der Waals surface area contributed by atoms with Crippen molar-refractivity contribution in [2.24, 2.45) is 17.4 Å². The summed E-state index contributed by atoms with van der Waals surface area (Å²) in [5, 5.41) is 17.8. The van der Waals surface area contributed by atoms with E-state index in [1.807, 2.05) is 0 Å². The third kappa shape index (κ3) is 12.4. The molecule has 2 saturated heterocycles. The van der Waals surface area contributed by atoms with E-state index in [1.165, 1.54) is 44.9 Å². The molecule has 1 unspecified atom stereocenters. The number of hydrogen-bond acceptors (Lipinski definition) is 10. The number of allylic oxidation sites excluding steroid dienone is 1. The van der Waals surface area contributed by atoms with Crippen LogP contribution in [-0.2, 0) is 23.8 Å². The van der Waals surface area contributed by atoms with Crippen molar-refractivity contribution in [2.45, 2.75) is 210 Å². The molecule has 2 spiro atoms. The lowest BCUT2D eigenvalue weighted by Crippen LogP contribution is -2.76. The number of nitrogens with zero attached hydrogens (tertiary/aromatic N) is 2. The van der Waals surface area contributed by atoms with Gasteiger partial charge in [0.15, 0.2) is 11.6 Å². The van der Waals surface area contributed by atoms with Crippen molar-refractivity contribution >= 4 is 17.8 Å². The molecule has 0 aromatic carbocycles. The number of carbonyl (C=O) groups is 2. The average molecular weight is 788 g/mol. The lowest BCUT2D eigenvalue weighted by Gasteiger charge is -2.50. The maximum absolute atomic E-state index is 14.1. The maximum Gasteiger partial charge on any atom is 0.350 e. The van der Waals surface area contributed by atoms with E-state index in [4.69, 9.17) is 25.7 Å². The van der Waals surface area contributed by atoms with Crippen LogP contribution in [0.5, 0.6) is 0 Å². The fraction of sp³-hybridized carbons (Fsp3) is 0.886. The third-order valence-electron chi connectivity index (χ3n) is 13.0. The quantitative estimate of drug-likeness (QED) is 0.0354. The first-order valence-electron chi connectivity index (χ1n) is 23.0. The van der Waals surface area contributed by atoms with E-state index in [0.717, 1.165) is 102 Å². The number of aliphatic hydroxyl groups is 1. The van der Waals surface area contributed by atoms with Gasteiger partial charge in [-0.1, -0.05) is 83.3 Å². The van der Waals surface area contributed by atoms with E-state index in [1.54, 1.807) is 4.90 Å². The highest BCUT2D eigenvalue weighted by Gasteiger charge is 2.64. The Labute approximate surface area is 338 Å². The number of carbonyl (C=O) groups excluding carboxylic acids is 2. The minimum atomic E-state index is -0.764. The van der Waals surface area contributed by atoms with Gasteiger partial charge < -0.3 is 35.7 Å². The summed E-state index contributed by atoms with van der Waals surface area (Å²) in [6, 6.07) is 0.386. The summed E-state index contributed by atoms with van der Waals surface area (Å²) < 4.78 is 22.1. The van der Waals surface area contributed by atoms with Crippen molar-refractivity contribution in [3.63, 3.8) is 0 Å². The van der Waals surface area contributed by atoms with Gasteiger partial charge in [0.1, 0.15) is 0 Å². The van der Waals surface area contributed by atoms with Gasteiger partial charge in [-0.15, -0.1) is 0 Å². The molecular weight excluding hydrogens is 709 g/mol. The van der Waals surface area contributed by atoms with Crippen molar-refractivity contribution in [2.75, 3.05) is 32.8 Å². The van der Waals surface area contributed by atoms with E-state index in [9.17, 15) is 14.7 Å². The van der Waals surface area contributed by atoms with Gasteiger partial charge in [0, 0.05) is 38.8 Å². The summed E-state index contributed by atoms with van der Waals surface area (Å²) in [6.45, 7) is 6.71. The molecule has 0 aromatic rings. The summed E-state index contributed by atoms with van der Waals surface area (Å²) in [5.74, 6) is 0.640. The van der Waals surface area contributed by atoms with Gasteiger partial charge in [0.25, 0.3) is 0 Å². The molecule has 5 aliphatic rings. The number of ether oxygens (including phenoxy) is 3. The van der Waals surface area contributed by atoms with Crippen LogP contribution >= 0.6 is 0 Å². The number of rotatable bonds is 24. The molecule has 0 aromatic heterocycles. The first-order valence-corrected chi connectivity index (χ1v) is 23.0. The Hall–Kier alpha value is -2.25. The van der Waals surface area contributed by atoms with Gasteiger partial charge in [-0.3, -0.25) is 14.2 Å². The molecule has 0 radical (unpaired) electrons. The molecule has 8 atom stereocenters. The zero-order valence-electron chi connectivity index (χ0n) is 35.2. The maximum atomic E-state index is 14.1. The van der Waals surface area contributed by atoms with E-state index >= 15 is 0 Å². The monoisotopic (exact) mass is 788 g/mol. The summed E-state index contributed by atoms with van der Waals surface area (Å²) in [5.41, 5.74) is 10.0. The molecular formula is C44H79N6O6+. The molecule has 12 heteroatoms. The third-order valence-corrected chi connectivity index (χ3v) is 13.0. The minimum Gasteiger partial charge on any atom is -0.465 e. The fourth-order valence-corrected chi connectivity index (χ4v) is 10.1. The molecule has 320 valence electrons. The molecule has 12 nitrogen and oxygen atoms in total. The van der Waals surface area contributed by atoms with Crippen molar-refractivity contribution in [3.05, 3.63) is 12.2 Å². The van der Waals surface area contributed by atoms with Crippen LogP contribution in [0.3, 0.4) is 0 Å². The van der Waals surface area contributed by atoms with Gasteiger partial charge in [-0.2, -0.15) is 0 Å². The molecule has 2 fully saturated rings. The van der Waals surface area contributed by atoms with E-state index < -0.39 is 17.6 Å². The fourth-order valence-electron chi connectivity index (χ4n) is 10.1. The Kier molecular flexibility index (Phi) is 18.2. The predicted molar refractivity (Wildman–Crippen MR) is 221 cm³/mol. The highest BCUT2D eigenvalue weighted by molar-refractivity contribution is 5.82. The standard InChI is InChI=1S/C44H78N6O6/c1-3-37-21-15-16-26-43(56-37)32-35-23-24-38-40(44(27-18-20-34(2)55-44)48-42(47-43)50(35)38)41(53)54-31-17-13-11-9-7-5-4-6-8-10-12-14-22-39(52)49(30-19-28-45)33-36(51)25-29-46/h15,21,34-38,40,51H,3-14,16-20,22-33,45-46H2,1-2H3,(H,47,48)/p+1/t34-,35+,36?,37+,38-,40-,43+,44-/m1/s1. The molecule has 5 aliphatic heterocycles. The summed E-state index contributed by atoms with van der Waals surface area (Å²) in [4.78, 5) is 28.5. The number of esters is 1. The summed E-state index contributed by atoms with van der Waals surface area (Å²) in [6.07, 6.45) is 28.3. The SMILES string of the molecule is CC[C@H]1C=CCC[C@@]2(C[C@@H]3CC[C@@H]4[C@H](C(=O)OCCCCCCCCCCCCCCC(=O)N(CCCN)CC(O)CCN)[C@]5(CCC[C@@H](C)O5)NC(=[N+]34)N2)O1. The van der Waals surface area contributed by atoms with Crippen LogP contribution in [0.25, 0.3) is 0 Å². The lowest BCUT2D eigenvalue weighted by molar-refractivity contribution is -0.609. The summed E-state index contributed by atoms with van der Waals surface area (Å²) in [7, 11) is 0. The summed E-state index contributed by atoms with van der Waals surface area (Å²) >= 11 is 0. The Morgan fingerprint density at radius 2 is 1.66 bits per heavy atom. The molecule has 7 N–H and O–H groups in total. The number of amides is 1. The topological polar surface area (TPSA) is 164 Å². The van der Waals surface area contributed by atoms with Crippen molar-refractivity contribution in [1.29, 1.82) is 0 Å². The van der Waals surface area contributed by atoms with E-state index in [2.05, 4.69) is 41.2 Å². The number of hydrogen-bond donors (Lipinski definition) is 5. The Balaban J connectivity index is 0.959. The lowest BCUT2D eigenvalue weighted by atomic mass is 9.80. The number of nitrogens with two attached hydrogens (primary N) is 2. The van der Waals surface area contributed by atoms with Gasteiger partial charge in [-0.05, 0) is 84.2 Å². The molecule has 0 bridgehead atoms. The number of aliphatic hydroxyl groups excluding tert-OH is 1.